The molecule has 0 heterocycles. The summed E-state index contributed by atoms with van der Waals surface area (Å²) >= 11 is 0. The van der Waals surface area contributed by atoms with Gasteiger partial charge in [0.05, 0.1) is 28.3 Å². The van der Waals surface area contributed by atoms with Crippen molar-refractivity contribution < 1.29 is 27.9 Å². The van der Waals surface area contributed by atoms with E-state index < -0.39 is 22.0 Å². The predicted molar refractivity (Wildman–Crippen MR) is 116 cm³/mol. The van der Waals surface area contributed by atoms with E-state index in [2.05, 4.69) is 4.72 Å². The van der Waals surface area contributed by atoms with Crippen molar-refractivity contribution >= 4 is 33.3 Å². The molecule has 8 nitrogen and oxygen atoms in total. The Morgan fingerprint density at radius 2 is 1.71 bits per heavy atom. The van der Waals surface area contributed by atoms with E-state index in [0.29, 0.717) is 0 Å². The van der Waals surface area contributed by atoms with Crippen LogP contribution in [0, 0.1) is 0 Å². The van der Waals surface area contributed by atoms with Crippen LogP contribution in [-0.4, -0.2) is 32.1 Å². The molecule has 0 unspecified atom stereocenters. The highest BCUT2D eigenvalue weighted by molar-refractivity contribution is 7.92. The summed E-state index contributed by atoms with van der Waals surface area (Å²) in [5.74, 6) is -1.98. The van der Waals surface area contributed by atoms with Crippen molar-refractivity contribution in [3.63, 3.8) is 0 Å². The Labute approximate surface area is 179 Å². The third kappa shape index (κ3) is 4.67. The van der Waals surface area contributed by atoms with Gasteiger partial charge in [-0.1, -0.05) is 24.3 Å². The van der Waals surface area contributed by atoms with Gasteiger partial charge in [0.1, 0.15) is 0 Å². The molecule has 0 amide bonds. The average molecular weight is 440 g/mol. The summed E-state index contributed by atoms with van der Waals surface area (Å²) in [4.78, 5) is 24.5. The molecule has 0 radical (unpaired) electrons. The number of carboxylic acids is 1. The summed E-state index contributed by atoms with van der Waals surface area (Å²) in [6.45, 7) is 1.75. The summed E-state index contributed by atoms with van der Waals surface area (Å²) in [6.07, 6.45) is 0. The zero-order valence-corrected chi connectivity index (χ0v) is 17.3. The Morgan fingerprint density at radius 1 is 1.00 bits per heavy atom. The number of anilines is 2. The molecule has 3 aromatic rings. The van der Waals surface area contributed by atoms with Gasteiger partial charge < -0.3 is 15.6 Å². The lowest BCUT2D eigenvalue weighted by Crippen LogP contribution is -2.15. The number of benzene rings is 3. The van der Waals surface area contributed by atoms with E-state index in [9.17, 15) is 23.1 Å². The highest BCUT2D eigenvalue weighted by Gasteiger charge is 2.24. The number of carbonyl (C=O) groups excluding carboxylic acids is 1. The molecule has 160 valence electrons. The number of hydrogen-bond acceptors (Lipinski definition) is 6. The Kier molecular flexibility index (Phi) is 6.26. The first-order valence-electron chi connectivity index (χ1n) is 9.25. The molecule has 0 saturated carbocycles. The van der Waals surface area contributed by atoms with E-state index >= 15 is 0 Å². The van der Waals surface area contributed by atoms with E-state index in [4.69, 9.17) is 10.5 Å². The minimum absolute atomic E-state index is 0.000121. The zero-order chi connectivity index (χ0) is 22.6. The van der Waals surface area contributed by atoms with Crippen LogP contribution in [0.5, 0.6) is 0 Å². The number of nitrogens with one attached hydrogen (secondary N) is 1. The van der Waals surface area contributed by atoms with E-state index in [1.54, 1.807) is 25.1 Å². The molecule has 0 aliphatic heterocycles. The second-order valence-corrected chi connectivity index (χ2v) is 8.16. The average Bonchev–Trinajstić information content (AvgIpc) is 2.74. The van der Waals surface area contributed by atoms with Crippen molar-refractivity contribution in [1.82, 2.24) is 0 Å². The molecule has 3 aromatic carbocycles. The van der Waals surface area contributed by atoms with Crippen molar-refractivity contribution in [1.29, 1.82) is 0 Å². The maximum atomic E-state index is 12.9. The molecular weight excluding hydrogens is 420 g/mol. The number of nitrogens with two attached hydrogens (primary N) is 1. The maximum absolute atomic E-state index is 12.9. The van der Waals surface area contributed by atoms with Crippen LogP contribution in [0.2, 0.25) is 0 Å². The number of nitrogen functional groups attached to an aromatic ring is 1. The first-order valence-corrected chi connectivity index (χ1v) is 10.7. The first kappa shape index (κ1) is 21.8. The number of carboxylic acid groups (broad SMARTS) is 1. The summed E-state index contributed by atoms with van der Waals surface area (Å²) in [5, 5.41) is 9.74. The van der Waals surface area contributed by atoms with Crippen LogP contribution in [-0.2, 0) is 14.8 Å². The molecule has 0 atom stereocenters. The molecule has 0 aromatic heterocycles. The van der Waals surface area contributed by atoms with Crippen molar-refractivity contribution in [3.05, 3.63) is 77.9 Å². The van der Waals surface area contributed by atoms with E-state index in [-0.39, 0.29) is 45.1 Å². The molecule has 0 aliphatic rings. The summed E-state index contributed by atoms with van der Waals surface area (Å²) in [7, 11) is -4.03. The number of carbonyl (C=O) groups is 2. The minimum atomic E-state index is -4.03. The zero-order valence-electron chi connectivity index (χ0n) is 16.5. The summed E-state index contributed by atoms with van der Waals surface area (Å²) in [5.41, 5.74) is 6.15. The highest BCUT2D eigenvalue weighted by Crippen LogP contribution is 2.37. The van der Waals surface area contributed by atoms with E-state index in [1.807, 2.05) is 0 Å². The van der Waals surface area contributed by atoms with Crippen LogP contribution < -0.4 is 10.5 Å². The molecule has 31 heavy (non-hydrogen) atoms. The predicted octanol–water partition coefficient (Wildman–Crippen LogP) is 3.61. The molecule has 9 heteroatoms. The van der Waals surface area contributed by atoms with Gasteiger partial charge in [-0.3, -0.25) is 4.72 Å². The molecule has 4 N–H and O–H groups in total. The van der Waals surface area contributed by atoms with Crippen LogP contribution in [0.25, 0.3) is 11.1 Å². The van der Waals surface area contributed by atoms with E-state index in [1.165, 1.54) is 48.5 Å². The van der Waals surface area contributed by atoms with Crippen LogP contribution in [0.15, 0.2) is 71.6 Å². The number of sulfonamides is 1. The Bertz CT molecular complexity index is 1240. The molecule has 0 bridgehead atoms. The molecule has 0 spiro atoms. The normalized spacial score (nSPS) is 11.0. The van der Waals surface area contributed by atoms with Gasteiger partial charge in [-0.05, 0) is 49.4 Å². The van der Waals surface area contributed by atoms with Gasteiger partial charge in [0.2, 0.25) is 0 Å². The number of aromatic carboxylic acids is 1. The number of hydrogen-bond donors (Lipinski definition) is 3. The summed E-state index contributed by atoms with van der Waals surface area (Å²) < 4.78 is 33.3. The Morgan fingerprint density at radius 3 is 2.35 bits per heavy atom. The van der Waals surface area contributed by atoms with Gasteiger partial charge in [-0.2, -0.15) is 0 Å². The van der Waals surface area contributed by atoms with E-state index in [0.717, 1.165) is 0 Å². The van der Waals surface area contributed by atoms with Gasteiger partial charge in [0.15, 0.2) is 0 Å². The fourth-order valence-corrected chi connectivity index (χ4v) is 4.16. The fraction of sp³-hybridized carbons (Fsp3) is 0.0909. The minimum Gasteiger partial charge on any atom is -0.478 e. The Hall–Kier alpha value is -3.85. The van der Waals surface area contributed by atoms with Crippen molar-refractivity contribution in [2.45, 2.75) is 11.8 Å². The van der Waals surface area contributed by atoms with Crippen LogP contribution in [0.4, 0.5) is 11.4 Å². The molecule has 0 aliphatic carbocycles. The lowest BCUT2D eigenvalue weighted by molar-refractivity contribution is 0.0526. The second-order valence-electron chi connectivity index (χ2n) is 6.48. The third-order valence-corrected chi connectivity index (χ3v) is 5.78. The van der Waals surface area contributed by atoms with Crippen LogP contribution >= 0.6 is 0 Å². The maximum Gasteiger partial charge on any atom is 0.338 e. The largest absolute Gasteiger partial charge is 0.478 e. The van der Waals surface area contributed by atoms with Crippen LogP contribution in [0.1, 0.15) is 27.6 Å². The highest BCUT2D eigenvalue weighted by atomic mass is 32.2. The number of ether oxygens (including phenoxy) is 1. The fourth-order valence-electron chi connectivity index (χ4n) is 3.06. The van der Waals surface area contributed by atoms with Gasteiger partial charge >= 0.3 is 11.9 Å². The molecular formula is C22H20N2O6S. The lowest BCUT2D eigenvalue weighted by atomic mass is 9.93. The van der Waals surface area contributed by atoms with Crippen molar-refractivity contribution in [3.8, 4) is 11.1 Å². The molecule has 0 fully saturated rings. The number of rotatable bonds is 7. The monoisotopic (exact) mass is 440 g/mol. The lowest BCUT2D eigenvalue weighted by Gasteiger charge is -2.18. The molecule has 0 saturated heterocycles. The van der Waals surface area contributed by atoms with Crippen LogP contribution in [0.3, 0.4) is 0 Å². The SMILES string of the molecule is CCOC(=O)c1ccc(N)cc1-c1c(NS(=O)(=O)c2ccccc2)cccc1C(=O)O. The van der Waals surface area contributed by atoms with Gasteiger partial charge in [0, 0.05) is 16.8 Å². The number of esters is 1. The summed E-state index contributed by atoms with van der Waals surface area (Å²) in [6, 6.07) is 16.1. The topological polar surface area (TPSA) is 136 Å². The Balaban J connectivity index is 2.25. The second kappa shape index (κ2) is 8.88. The van der Waals surface area contributed by atoms with Crippen molar-refractivity contribution in [2.75, 3.05) is 17.1 Å². The smallest absolute Gasteiger partial charge is 0.338 e. The van der Waals surface area contributed by atoms with Gasteiger partial charge in [0.25, 0.3) is 10.0 Å². The van der Waals surface area contributed by atoms with Gasteiger partial charge in [-0.15, -0.1) is 0 Å². The third-order valence-electron chi connectivity index (χ3n) is 4.40. The molecule has 3 rings (SSSR count). The van der Waals surface area contributed by atoms with Crippen molar-refractivity contribution in [2.24, 2.45) is 0 Å². The quantitative estimate of drug-likeness (QED) is 0.377. The van der Waals surface area contributed by atoms with Gasteiger partial charge in [-0.25, -0.2) is 18.0 Å². The first-order chi connectivity index (χ1) is 14.7. The standard InChI is InChI=1S/C22H20N2O6S/c1-2-30-22(27)16-12-11-14(23)13-18(16)20-17(21(25)26)9-6-10-19(20)24-31(28,29)15-7-4-3-5-8-15/h3-13,24H,2,23H2,1H3,(H,25,26).